The first-order chi connectivity index (χ1) is 19.1. The Hall–Kier alpha value is -3.62. The SMILES string of the molecule is CCCOc1cc(O)c2c(c1)/C=C/CC1OC(C)(C)OC1C(OC(=O)c1ccccc1)/C=C\[C@@H](C)[C@H](C)OC2=O. The van der Waals surface area contributed by atoms with E-state index in [1.807, 2.05) is 45.9 Å². The zero-order valence-electron chi connectivity index (χ0n) is 23.7. The lowest BCUT2D eigenvalue weighted by Crippen LogP contribution is -2.37. The molecule has 0 radical (unpaired) electrons. The molecule has 5 atom stereocenters. The van der Waals surface area contributed by atoms with E-state index in [2.05, 4.69) is 0 Å². The predicted molar refractivity (Wildman–Crippen MR) is 150 cm³/mol. The summed E-state index contributed by atoms with van der Waals surface area (Å²) in [6, 6.07) is 11.9. The number of rotatable bonds is 5. The third-order valence-corrected chi connectivity index (χ3v) is 6.90. The number of aromatic hydroxyl groups is 1. The lowest BCUT2D eigenvalue weighted by Gasteiger charge is -2.25. The second-order valence-corrected chi connectivity index (χ2v) is 10.6. The van der Waals surface area contributed by atoms with Crippen LogP contribution in [0.1, 0.15) is 73.7 Å². The molecular formula is C32H38O8. The summed E-state index contributed by atoms with van der Waals surface area (Å²) in [4.78, 5) is 26.2. The van der Waals surface area contributed by atoms with Crippen LogP contribution in [0.25, 0.3) is 6.08 Å². The van der Waals surface area contributed by atoms with Crippen molar-refractivity contribution in [3.8, 4) is 11.5 Å². The summed E-state index contributed by atoms with van der Waals surface area (Å²) in [6.07, 6.45) is 6.04. The Morgan fingerprint density at radius 1 is 1.10 bits per heavy atom. The average molecular weight is 551 g/mol. The number of phenols is 1. The van der Waals surface area contributed by atoms with Gasteiger partial charge < -0.3 is 28.8 Å². The van der Waals surface area contributed by atoms with Crippen molar-refractivity contribution in [1.29, 1.82) is 0 Å². The van der Waals surface area contributed by atoms with Crippen molar-refractivity contribution in [3.05, 3.63) is 77.4 Å². The summed E-state index contributed by atoms with van der Waals surface area (Å²) < 4.78 is 29.9. The number of cyclic esters (lactones) is 1. The monoisotopic (exact) mass is 550 g/mol. The maximum absolute atomic E-state index is 13.2. The molecule has 0 saturated carbocycles. The van der Waals surface area contributed by atoms with Gasteiger partial charge in [-0.1, -0.05) is 50.3 Å². The van der Waals surface area contributed by atoms with Gasteiger partial charge in [-0.2, -0.15) is 0 Å². The molecule has 214 valence electrons. The van der Waals surface area contributed by atoms with Gasteiger partial charge in [-0.25, -0.2) is 9.59 Å². The van der Waals surface area contributed by atoms with Crippen molar-refractivity contribution in [2.45, 2.75) is 77.7 Å². The zero-order chi connectivity index (χ0) is 28.9. The highest BCUT2D eigenvalue weighted by Gasteiger charge is 2.45. The smallest absolute Gasteiger partial charge is 0.342 e. The van der Waals surface area contributed by atoms with Gasteiger partial charge in [-0.05, 0) is 63.5 Å². The van der Waals surface area contributed by atoms with Crippen LogP contribution < -0.4 is 4.74 Å². The van der Waals surface area contributed by atoms with Crippen LogP contribution in [0.15, 0.2) is 60.7 Å². The number of benzene rings is 2. The fourth-order valence-electron chi connectivity index (χ4n) is 4.69. The summed E-state index contributed by atoms with van der Waals surface area (Å²) in [7, 11) is 0. The van der Waals surface area contributed by atoms with E-state index in [-0.39, 0.29) is 17.2 Å². The second-order valence-electron chi connectivity index (χ2n) is 10.6. The lowest BCUT2D eigenvalue weighted by atomic mass is 9.98. The number of carbonyl (C=O) groups excluding carboxylic acids is 2. The fourth-order valence-corrected chi connectivity index (χ4v) is 4.69. The third-order valence-electron chi connectivity index (χ3n) is 6.90. The molecule has 2 heterocycles. The molecule has 0 bridgehead atoms. The maximum atomic E-state index is 13.2. The highest BCUT2D eigenvalue weighted by Crippen LogP contribution is 2.35. The number of fused-ring (bicyclic) bond motifs is 2. The zero-order valence-corrected chi connectivity index (χ0v) is 23.7. The first-order valence-corrected chi connectivity index (χ1v) is 13.7. The quantitative estimate of drug-likeness (QED) is 0.353. The van der Waals surface area contributed by atoms with Gasteiger partial charge in [0.15, 0.2) is 5.79 Å². The molecule has 2 aromatic carbocycles. The molecule has 2 aliphatic heterocycles. The molecule has 1 N–H and O–H groups in total. The van der Waals surface area contributed by atoms with Crippen LogP contribution in [-0.2, 0) is 18.9 Å². The molecule has 0 spiro atoms. The summed E-state index contributed by atoms with van der Waals surface area (Å²) in [5.74, 6) is -2.03. The molecule has 4 rings (SSSR count). The van der Waals surface area contributed by atoms with Crippen molar-refractivity contribution in [1.82, 2.24) is 0 Å². The van der Waals surface area contributed by atoms with E-state index in [9.17, 15) is 14.7 Å². The first-order valence-electron chi connectivity index (χ1n) is 13.7. The standard InChI is InChI=1S/C32H38O8/c1-6-17-36-24-18-23-13-10-14-27-29(40-32(4,5)39-27)26(38-30(34)22-11-8-7-9-12-22)16-15-20(2)21(3)37-31(35)28(23)25(33)19-24/h7-13,15-16,18-21,26-27,29,33H,6,14,17H2,1-5H3/b13-10+,16-15-/t20-,21+,26?,27?,29?/m1/s1. The summed E-state index contributed by atoms with van der Waals surface area (Å²) in [6.45, 7) is 9.77. The van der Waals surface area contributed by atoms with Crippen LogP contribution in [0.5, 0.6) is 11.5 Å². The van der Waals surface area contributed by atoms with Crippen molar-refractivity contribution in [2.75, 3.05) is 6.61 Å². The van der Waals surface area contributed by atoms with Gasteiger partial charge in [0, 0.05) is 12.0 Å². The van der Waals surface area contributed by atoms with Crippen LogP contribution in [0, 0.1) is 5.92 Å². The molecular weight excluding hydrogens is 512 g/mol. The van der Waals surface area contributed by atoms with E-state index in [0.29, 0.717) is 29.9 Å². The normalized spacial score (nSPS) is 27.8. The summed E-state index contributed by atoms with van der Waals surface area (Å²) in [5, 5.41) is 10.8. The minimum absolute atomic E-state index is 0.0651. The molecule has 2 aliphatic rings. The fraction of sp³-hybridized carbons (Fsp3) is 0.438. The molecule has 1 fully saturated rings. The van der Waals surface area contributed by atoms with E-state index in [1.165, 1.54) is 6.07 Å². The Balaban J connectivity index is 1.71. The lowest BCUT2D eigenvalue weighted by molar-refractivity contribution is -0.152. The van der Waals surface area contributed by atoms with Gasteiger partial charge in [0.2, 0.25) is 0 Å². The highest BCUT2D eigenvalue weighted by atomic mass is 16.8. The number of hydrogen-bond acceptors (Lipinski definition) is 8. The van der Waals surface area contributed by atoms with E-state index in [4.69, 9.17) is 23.7 Å². The third kappa shape index (κ3) is 7.11. The Bertz CT molecular complexity index is 1250. The van der Waals surface area contributed by atoms with Crippen LogP contribution >= 0.6 is 0 Å². The molecule has 2 aromatic rings. The largest absolute Gasteiger partial charge is 0.507 e. The topological polar surface area (TPSA) is 101 Å². The number of ether oxygens (including phenoxy) is 5. The van der Waals surface area contributed by atoms with Gasteiger partial charge in [0.05, 0.1) is 18.3 Å². The van der Waals surface area contributed by atoms with Crippen LogP contribution in [0.2, 0.25) is 0 Å². The molecule has 0 aliphatic carbocycles. The van der Waals surface area contributed by atoms with Crippen LogP contribution in [0.4, 0.5) is 0 Å². The Morgan fingerprint density at radius 2 is 1.85 bits per heavy atom. The molecule has 0 aromatic heterocycles. The van der Waals surface area contributed by atoms with Gasteiger partial charge in [-0.15, -0.1) is 0 Å². The molecule has 3 unspecified atom stereocenters. The molecule has 8 nitrogen and oxygen atoms in total. The minimum atomic E-state index is -0.905. The van der Waals surface area contributed by atoms with Crippen molar-refractivity contribution in [3.63, 3.8) is 0 Å². The summed E-state index contributed by atoms with van der Waals surface area (Å²) in [5.41, 5.74) is 0.957. The van der Waals surface area contributed by atoms with Crippen molar-refractivity contribution < 1.29 is 38.4 Å². The molecule has 8 heteroatoms. The van der Waals surface area contributed by atoms with Gasteiger partial charge >= 0.3 is 11.9 Å². The molecule has 0 amide bonds. The Labute approximate surface area is 235 Å². The number of carbonyl (C=O) groups is 2. The number of phenolic OH excluding ortho intramolecular Hbond substituents is 1. The molecule has 40 heavy (non-hydrogen) atoms. The van der Waals surface area contributed by atoms with Gasteiger partial charge in [-0.3, -0.25) is 0 Å². The van der Waals surface area contributed by atoms with E-state index < -0.39 is 42.1 Å². The second kappa shape index (κ2) is 12.7. The summed E-state index contributed by atoms with van der Waals surface area (Å²) >= 11 is 0. The van der Waals surface area contributed by atoms with E-state index >= 15 is 0 Å². The number of esters is 2. The highest BCUT2D eigenvalue weighted by molar-refractivity contribution is 5.97. The minimum Gasteiger partial charge on any atom is -0.507 e. The van der Waals surface area contributed by atoms with Crippen LogP contribution in [0.3, 0.4) is 0 Å². The Morgan fingerprint density at radius 3 is 2.58 bits per heavy atom. The Kier molecular flexibility index (Phi) is 9.32. The average Bonchev–Trinajstić information content (AvgIpc) is 3.23. The predicted octanol–water partition coefficient (Wildman–Crippen LogP) is 6.08. The molecule has 1 saturated heterocycles. The van der Waals surface area contributed by atoms with Crippen molar-refractivity contribution >= 4 is 18.0 Å². The number of hydrogen-bond donors (Lipinski definition) is 1. The van der Waals surface area contributed by atoms with Crippen LogP contribution in [-0.4, -0.2) is 53.9 Å². The van der Waals surface area contributed by atoms with E-state index in [1.54, 1.807) is 49.4 Å². The maximum Gasteiger partial charge on any atom is 0.342 e. The van der Waals surface area contributed by atoms with Crippen molar-refractivity contribution in [2.24, 2.45) is 5.92 Å². The van der Waals surface area contributed by atoms with Gasteiger partial charge in [0.1, 0.15) is 35.4 Å². The van der Waals surface area contributed by atoms with Gasteiger partial charge in [0.25, 0.3) is 0 Å². The van der Waals surface area contributed by atoms with E-state index in [0.717, 1.165) is 6.42 Å². The first kappa shape index (κ1) is 29.4.